The van der Waals surface area contributed by atoms with Crippen molar-refractivity contribution in [1.29, 1.82) is 0 Å². The quantitative estimate of drug-likeness (QED) is 0.647. The van der Waals surface area contributed by atoms with Gasteiger partial charge in [0.25, 0.3) is 5.91 Å². The molecule has 2 fully saturated rings. The molecule has 1 amide bonds. The number of carbonyl (C=O) groups excluding carboxylic acids is 1. The van der Waals surface area contributed by atoms with Crippen LogP contribution in [-0.2, 0) is 10.0 Å². The van der Waals surface area contributed by atoms with Gasteiger partial charge in [0.05, 0.1) is 5.75 Å². The number of unbranched alkanes of at least 4 members (excludes halogenated alkanes) is 3. The van der Waals surface area contributed by atoms with E-state index in [4.69, 9.17) is 4.52 Å². The molecule has 7 nitrogen and oxygen atoms in total. The number of hydrogen-bond donors (Lipinski definition) is 1. The third-order valence-electron chi connectivity index (χ3n) is 5.50. The number of piperidine rings is 1. The molecule has 3 rings (SSSR count). The Bertz CT molecular complexity index is 742. The van der Waals surface area contributed by atoms with Gasteiger partial charge in [-0.05, 0) is 39.0 Å². The zero-order chi connectivity index (χ0) is 19.4. The van der Waals surface area contributed by atoms with Crippen LogP contribution >= 0.6 is 0 Å². The summed E-state index contributed by atoms with van der Waals surface area (Å²) < 4.78 is 32.0. The summed E-state index contributed by atoms with van der Waals surface area (Å²) in [4.78, 5) is 12.4. The first-order valence-corrected chi connectivity index (χ1v) is 11.8. The minimum atomic E-state index is -3.22. The summed E-state index contributed by atoms with van der Waals surface area (Å²) in [5, 5.41) is 6.86. The van der Waals surface area contributed by atoms with Crippen molar-refractivity contribution in [2.75, 3.05) is 12.3 Å². The van der Waals surface area contributed by atoms with E-state index in [0.29, 0.717) is 31.0 Å². The van der Waals surface area contributed by atoms with Crippen molar-refractivity contribution >= 4 is 15.9 Å². The summed E-state index contributed by atoms with van der Waals surface area (Å²) in [6.45, 7) is 4.49. The van der Waals surface area contributed by atoms with Crippen LogP contribution in [0, 0.1) is 0 Å². The molecule has 1 saturated heterocycles. The zero-order valence-corrected chi connectivity index (χ0v) is 17.1. The van der Waals surface area contributed by atoms with Crippen molar-refractivity contribution in [2.45, 2.75) is 83.2 Å². The second-order valence-electron chi connectivity index (χ2n) is 7.92. The van der Waals surface area contributed by atoms with Gasteiger partial charge in [0.2, 0.25) is 10.0 Å². The minimum absolute atomic E-state index is 0.0416. The predicted octanol–water partition coefficient (Wildman–Crippen LogP) is 3.04. The normalized spacial score (nSPS) is 24.1. The predicted molar refractivity (Wildman–Crippen MR) is 103 cm³/mol. The van der Waals surface area contributed by atoms with E-state index >= 15 is 0 Å². The Hall–Kier alpha value is -1.41. The van der Waals surface area contributed by atoms with Crippen LogP contribution in [0.4, 0.5) is 0 Å². The van der Waals surface area contributed by atoms with Crippen LogP contribution in [0.5, 0.6) is 0 Å². The van der Waals surface area contributed by atoms with Gasteiger partial charge in [-0.3, -0.25) is 4.79 Å². The molecule has 1 saturated carbocycles. The Labute approximate surface area is 161 Å². The molecule has 27 heavy (non-hydrogen) atoms. The van der Waals surface area contributed by atoms with Crippen LogP contribution < -0.4 is 5.32 Å². The molecule has 1 aliphatic heterocycles. The molecule has 1 aromatic rings. The van der Waals surface area contributed by atoms with E-state index in [9.17, 15) is 13.2 Å². The summed E-state index contributed by atoms with van der Waals surface area (Å²) in [7, 11) is -3.22. The Morgan fingerprint density at radius 2 is 2.07 bits per heavy atom. The first kappa shape index (κ1) is 20.3. The maximum atomic E-state index is 12.6. The topological polar surface area (TPSA) is 92.5 Å². The summed E-state index contributed by atoms with van der Waals surface area (Å²) in [6, 6.07) is 1.58. The summed E-state index contributed by atoms with van der Waals surface area (Å²) in [5.74, 6) is 1.19. The molecule has 1 aromatic heterocycles. The summed E-state index contributed by atoms with van der Waals surface area (Å²) >= 11 is 0. The Balaban J connectivity index is 1.49. The van der Waals surface area contributed by atoms with Gasteiger partial charge in [0, 0.05) is 30.6 Å². The van der Waals surface area contributed by atoms with Crippen LogP contribution in [0.25, 0.3) is 0 Å². The van der Waals surface area contributed by atoms with Crippen molar-refractivity contribution in [3.8, 4) is 0 Å². The minimum Gasteiger partial charge on any atom is -0.360 e. The van der Waals surface area contributed by atoms with Gasteiger partial charge in [-0.25, -0.2) is 8.42 Å². The summed E-state index contributed by atoms with van der Waals surface area (Å²) in [5.41, 5.74) is 0.315. The second-order valence-corrected chi connectivity index (χ2v) is 9.96. The standard InChI is InChI=1S/C19H31N3O4S/c1-3-4-5-6-11-27(24,25)22-10-9-16(12-14(22)2)20-19(23)17-13-18(26-21-17)15-7-8-15/h13-16H,3-12H2,1-2H3,(H,20,23)/t14-,16-/m0/s1. The third-order valence-corrected chi connectivity index (χ3v) is 7.57. The van der Waals surface area contributed by atoms with Crippen LogP contribution in [0.1, 0.15) is 87.4 Å². The highest BCUT2D eigenvalue weighted by Gasteiger charge is 2.34. The largest absolute Gasteiger partial charge is 0.360 e. The van der Waals surface area contributed by atoms with Crippen molar-refractivity contribution in [2.24, 2.45) is 0 Å². The van der Waals surface area contributed by atoms with Crippen molar-refractivity contribution in [3.05, 3.63) is 17.5 Å². The molecule has 1 N–H and O–H groups in total. The fourth-order valence-corrected chi connectivity index (χ4v) is 5.56. The van der Waals surface area contributed by atoms with Crippen molar-refractivity contribution in [1.82, 2.24) is 14.8 Å². The molecule has 0 spiro atoms. The van der Waals surface area contributed by atoms with E-state index in [-0.39, 0.29) is 23.7 Å². The molecular weight excluding hydrogens is 366 g/mol. The molecule has 0 unspecified atom stereocenters. The van der Waals surface area contributed by atoms with E-state index in [1.165, 1.54) is 0 Å². The lowest BCUT2D eigenvalue weighted by molar-refractivity contribution is 0.0905. The van der Waals surface area contributed by atoms with Gasteiger partial charge in [0.15, 0.2) is 5.69 Å². The Morgan fingerprint density at radius 1 is 1.30 bits per heavy atom. The average Bonchev–Trinajstić information content (AvgIpc) is 3.35. The number of carbonyl (C=O) groups is 1. The number of nitrogens with one attached hydrogen (secondary N) is 1. The maximum Gasteiger partial charge on any atom is 0.273 e. The monoisotopic (exact) mass is 397 g/mol. The molecule has 0 bridgehead atoms. The molecular formula is C19H31N3O4S. The molecule has 2 aliphatic rings. The number of rotatable bonds is 9. The number of nitrogens with zero attached hydrogens (tertiary/aromatic N) is 2. The number of amides is 1. The van der Waals surface area contributed by atoms with Gasteiger partial charge in [-0.15, -0.1) is 0 Å². The Kier molecular flexibility index (Phi) is 6.57. The highest BCUT2D eigenvalue weighted by Crippen LogP contribution is 2.40. The number of hydrogen-bond acceptors (Lipinski definition) is 5. The van der Waals surface area contributed by atoms with E-state index in [0.717, 1.165) is 44.3 Å². The van der Waals surface area contributed by atoms with Gasteiger partial charge < -0.3 is 9.84 Å². The lowest BCUT2D eigenvalue weighted by atomic mass is 10.0. The SMILES string of the molecule is CCCCCCS(=O)(=O)N1CC[C@H](NC(=O)c2cc(C3CC3)on2)C[C@@H]1C. The lowest BCUT2D eigenvalue weighted by Crippen LogP contribution is -2.51. The average molecular weight is 398 g/mol. The molecule has 0 radical (unpaired) electrons. The van der Waals surface area contributed by atoms with Crippen LogP contribution in [-0.4, -0.2) is 48.2 Å². The molecule has 2 atom stereocenters. The first-order valence-electron chi connectivity index (χ1n) is 10.2. The summed E-state index contributed by atoms with van der Waals surface area (Å²) in [6.07, 6.45) is 7.27. The number of aromatic nitrogens is 1. The van der Waals surface area contributed by atoms with Gasteiger partial charge in [-0.1, -0.05) is 31.3 Å². The smallest absolute Gasteiger partial charge is 0.273 e. The number of sulfonamides is 1. The Morgan fingerprint density at radius 3 is 2.74 bits per heavy atom. The van der Waals surface area contributed by atoms with Crippen molar-refractivity contribution in [3.63, 3.8) is 0 Å². The van der Waals surface area contributed by atoms with Gasteiger partial charge in [-0.2, -0.15) is 4.31 Å². The van der Waals surface area contributed by atoms with E-state index < -0.39 is 10.0 Å². The lowest BCUT2D eigenvalue weighted by Gasteiger charge is -2.36. The third kappa shape index (κ3) is 5.31. The first-order chi connectivity index (χ1) is 12.9. The molecule has 2 heterocycles. The van der Waals surface area contributed by atoms with Gasteiger partial charge in [0.1, 0.15) is 5.76 Å². The fraction of sp³-hybridized carbons (Fsp3) is 0.789. The maximum absolute atomic E-state index is 12.6. The van der Waals surface area contributed by atoms with Crippen LogP contribution in [0.2, 0.25) is 0 Å². The fourth-order valence-electron chi connectivity index (χ4n) is 3.74. The van der Waals surface area contributed by atoms with Crippen LogP contribution in [0.3, 0.4) is 0 Å². The molecule has 0 aromatic carbocycles. The van der Waals surface area contributed by atoms with E-state index in [2.05, 4.69) is 17.4 Å². The highest BCUT2D eigenvalue weighted by atomic mass is 32.2. The molecule has 8 heteroatoms. The molecule has 1 aliphatic carbocycles. The zero-order valence-electron chi connectivity index (χ0n) is 16.3. The highest BCUT2D eigenvalue weighted by molar-refractivity contribution is 7.89. The van der Waals surface area contributed by atoms with E-state index in [1.807, 2.05) is 6.92 Å². The molecule has 152 valence electrons. The second kappa shape index (κ2) is 8.73. The van der Waals surface area contributed by atoms with Crippen molar-refractivity contribution < 1.29 is 17.7 Å². The van der Waals surface area contributed by atoms with Gasteiger partial charge >= 0.3 is 0 Å². The van der Waals surface area contributed by atoms with E-state index in [1.54, 1.807) is 10.4 Å². The van der Waals surface area contributed by atoms with Crippen LogP contribution in [0.15, 0.2) is 10.6 Å².